The minimum absolute atomic E-state index is 0.00134. The smallest absolute Gasteiger partial charge is 0.427 e. The average Bonchev–Trinajstić information content (AvgIpc) is 3.33. The third-order valence-corrected chi connectivity index (χ3v) is 9.02. The molecule has 5 unspecified atom stereocenters. The Bertz CT molecular complexity index is 1600. The standard InChI is InChI=1S/C40H47NO6/c1-28(44-26-29-10-6-5-7-11-29)24-43-25-30-14-18-33(19-15-30)36-23-35-20-21-37(41(35)47-39(42)46-40(2,3)4)38(36)45-27-31-16-17-32-12-8-9-13-34(32)22-31/h5-19,22,28,35-38H,20-21,23-27H2,1-4H3. The van der Waals surface area contributed by atoms with Gasteiger partial charge in [0.15, 0.2) is 0 Å². The fraction of sp³-hybridized carbons (Fsp3) is 0.425. The van der Waals surface area contributed by atoms with Crippen LogP contribution >= 0.6 is 0 Å². The first-order valence-corrected chi connectivity index (χ1v) is 16.8. The van der Waals surface area contributed by atoms with E-state index in [4.69, 9.17) is 23.8 Å². The lowest BCUT2D eigenvalue weighted by atomic mass is 9.83. The predicted molar refractivity (Wildman–Crippen MR) is 183 cm³/mol. The van der Waals surface area contributed by atoms with Gasteiger partial charge in [0, 0.05) is 12.0 Å². The average molecular weight is 638 g/mol. The Balaban J connectivity index is 1.11. The van der Waals surface area contributed by atoms with Crippen molar-refractivity contribution in [2.75, 3.05) is 6.61 Å². The zero-order chi connectivity index (χ0) is 32.8. The summed E-state index contributed by atoms with van der Waals surface area (Å²) in [4.78, 5) is 18.6. The van der Waals surface area contributed by atoms with Crippen LogP contribution in [0.1, 0.15) is 75.1 Å². The predicted octanol–water partition coefficient (Wildman–Crippen LogP) is 8.73. The molecule has 2 aliphatic heterocycles. The lowest BCUT2D eigenvalue weighted by Crippen LogP contribution is -2.52. The molecule has 0 aromatic heterocycles. The number of hydrogen-bond acceptors (Lipinski definition) is 7. The quantitative estimate of drug-likeness (QED) is 0.144. The molecule has 2 fully saturated rings. The van der Waals surface area contributed by atoms with E-state index in [1.807, 2.05) is 51.0 Å². The van der Waals surface area contributed by atoms with Crippen molar-refractivity contribution in [3.63, 3.8) is 0 Å². The van der Waals surface area contributed by atoms with E-state index in [-0.39, 0.29) is 30.2 Å². The third kappa shape index (κ3) is 8.79. The van der Waals surface area contributed by atoms with Gasteiger partial charge in [0.25, 0.3) is 0 Å². The highest BCUT2D eigenvalue weighted by atomic mass is 16.8. The monoisotopic (exact) mass is 637 g/mol. The highest BCUT2D eigenvalue weighted by Gasteiger charge is 2.51. The number of benzene rings is 4. The fourth-order valence-corrected chi connectivity index (χ4v) is 6.75. The summed E-state index contributed by atoms with van der Waals surface area (Å²) in [5, 5.41) is 4.26. The molecule has 0 N–H and O–H groups in total. The van der Waals surface area contributed by atoms with Gasteiger partial charge in [-0.15, -0.1) is 5.06 Å². The van der Waals surface area contributed by atoms with Crippen molar-refractivity contribution in [2.45, 2.75) is 103 Å². The lowest BCUT2D eigenvalue weighted by molar-refractivity contribution is -0.215. The molecule has 2 bridgehead atoms. The van der Waals surface area contributed by atoms with Crippen molar-refractivity contribution in [3.8, 4) is 0 Å². The van der Waals surface area contributed by atoms with Gasteiger partial charge in [-0.2, -0.15) is 0 Å². The zero-order valence-electron chi connectivity index (χ0n) is 28.0. The number of hydroxylamine groups is 2. The van der Waals surface area contributed by atoms with E-state index in [9.17, 15) is 4.79 Å². The summed E-state index contributed by atoms with van der Waals surface area (Å²) in [5.41, 5.74) is 4.00. The molecule has 7 nitrogen and oxygen atoms in total. The van der Waals surface area contributed by atoms with E-state index in [1.165, 1.54) is 16.3 Å². The number of carbonyl (C=O) groups is 1. The molecule has 4 aromatic carbocycles. The maximum absolute atomic E-state index is 12.7. The van der Waals surface area contributed by atoms with Crippen LogP contribution < -0.4 is 0 Å². The topological polar surface area (TPSA) is 66.5 Å². The second-order valence-corrected chi connectivity index (χ2v) is 13.9. The summed E-state index contributed by atoms with van der Waals surface area (Å²) in [5.74, 6) is 0.160. The molecule has 6 rings (SSSR count). The lowest BCUT2D eigenvalue weighted by Gasteiger charge is -2.43. The molecule has 0 amide bonds. The van der Waals surface area contributed by atoms with Gasteiger partial charge >= 0.3 is 6.16 Å². The van der Waals surface area contributed by atoms with Crippen LogP contribution in [0.4, 0.5) is 4.79 Å². The Labute approximate surface area is 278 Å². The van der Waals surface area contributed by atoms with Crippen molar-refractivity contribution < 1.29 is 28.6 Å². The molecule has 4 aromatic rings. The van der Waals surface area contributed by atoms with Gasteiger partial charge in [-0.05, 0) is 86.1 Å². The van der Waals surface area contributed by atoms with Crippen LogP contribution in [0.15, 0.2) is 97.1 Å². The molecular weight excluding hydrogens is 590 g/mol. The molecule has 47 heavy (non-hydrogen) atoms. The summed E-state index contributed by atoms with van der Waals surface area (Å²) in [6.07, 6.45) is 1.84. The molecule has 0 radical (unpaired) electrons. The third-order valence-electron chi connectivity index (χ3n) is 9.02. The SMILES string of the molecule is CC(COCc1ccc(C2CC3CCC(C2OCc2ccc4ccccc4c2)N3OC(=O)OC(C)(C)C)cc1)OCc1ccccc1. The van der Waals surface area contributed by atoms with Crippen LogP contribution in [0.3, 0.4) is 0 Å². The van der Waals surface area contributed by atoms with Crippen LogP contribution in [-0.4, -0.2) is 47.7 Å². The van der Waals surface area contributed by atoms with Crippen molar-refractivity contribution in [1.82, 2.24) is 5.06 Å². The number of hydrogen-bond donors (Lipinski definition) is 0. The Kier molecular flexibility index (Phi) is 10.6. The van der Waals surface area contributed by atoms with Crippen LogP contribution in [0.5, 0.6) is 0 Å². The summed E-state index contributed by atoms with van der Waals surface area (Å²) in [7, 11) is 0. The summed E-state index contributed by atoms with van der Waals surface area (Å²) in [6, 6.07) is 33.8. The number of piperidine rings is 1. The largest absolute Gasteiger partial charge is 0.528 e. The first kappa shape index (κ1) is 33.2. The van der Waals surface area contributed by atoms with Crippen molar-refractivity contribution in [1.29, 1.82) is 0 Å². The molecule has 2 saturated heterocycles. The number of nitrogens with zero attached hydrogens (tertiary/aromatic N) is 1. The highest BCUT2D eigenvalue weighted by Crippen LogP contribution is 2.45. The van der Waals surface area contributed by atoms with Gasteiger partial charge in [-0.1, -0.05) is 91.0 Å². The first-order valence-electron chi connectivity index (χ1n) is 16.8. The van der Waals surface area contributed by atoms with E-state index in [0.717, 1.165) is 36.0 Å². The van der Waals surface area contributed by atoms with E-state index >= 15 is 0 Å². The highest BCUT2D eigenvalue weighted by molar-refractivity contribution is 5.82. The van der Waals surface area contributed by atoms with Crippen LogP contribution in [0, 0.1) is 0 Å². The minimum Gasteiger partial charge on any atom is -0.427 e. The van der Waals surface area contributed by atoms with Gasteiger partial charge in [0.1, 0.15) is 5.60 Å². The minimum atomic E-state index is -0.662. The zero-order valence-corrected chi connectivity index (χ0v) is 28.0. The molecule has 2 heterocycles. The van der Waals surface area contributed by atoms with Crippen molar-refractivity contribution >= 4 is 16.9 Å². The number of ether oxygens (including phenoxy) is 4. The Hall–Kier alpha value is -3.75. The Morgan fingerprint density at radius 2 is 1.51 bits per heavy atom. The summed E-state index contributed by atoms with van der Waals surface area (Å²) >= 11 is 0. The Morgan fingerprint density at radius 3 is 2.28 bits per heavy atom. The molecular formula is C40H47NO6. The van der Waals surface area contributed by atoms with Crippen LogP contribution in [-0.2, 0) is 43.6 Å². The van der Waals surface area contributed by atoms with Crippen molar-refractivity contribution in [2.24, 2.45) is 0 Å². The van der Waals surface area contributed by atoms with Gasteiger partial charge < -0.3 is 23.8 Å². The van der Waals surface area contributed by atoms with Gasteiger partial charge in [-0.25, -0.2) is 4.79 Å². The van der Waals surface area contributed by atoms with E-state index in [2.05, 4.69) is 78.9 Å². The fourth-order valence-electron chi connectivity index (χ4n) is 6.75. The Morgan fingerprint density at radius 1 is 0.809 bits per heavy atom. The normalized spacial score (nSPS) is 21.9. The van der Waals surface area contributed by atoms with E-state index < -0.39 is 11.8 Å². The summed E-state index contributed by atoms with van der Waals surface area (Å²) < 4.78 is 24.3. The summed E-state index contributed by atoms with van der Waals surface area (Å²) in [6.45, 7) is 9.68. The molecule has 5 atom stereocenters. The second-order valence-electron chi connectivity index (χ2n) is 13.9. The molecule has 7 heteroatoms. The van der Waals surface area contributed by atoms with E-state index in [0.29, 0.717) is 26.4 Å². The van der Waals surface area contributed by atoms with Gasteiger partial charge in [0.2, 0.25) is 0 Å². The van der Waals surface area contributed by atoms with Crippen molar-refractivity contribution in [3.05, 3.63) is 119 Å². The molecule has 0 spiro atoms. The number of carbonyl (C=O) groups excluding carboxylic acids is 1. The van der Waals surface area contributed by atoms with E-state index in [1.54, 1.807) is 0 Å². The number of fused-ring (bicyclic) bond motifs is 3. The molecule has 248 valence electrons. The molecule has 0 saturated carbocycles. The number of rotatable bonds is 12. The van der Waals surface area contributed by atoms with Gasteiger partial charge in [-0.3, -0.25) is 0 Å². The molecule has 2 aliphatic rings. The maximum Gasteiger partial charge on any atom is 0.528 e. The first-order chi connectivity index (χ1) is 22.7. The van der Waals surface area contributed by atoms with Crippen LogP contribution in [0.2, 0.25) is 0 Å². The second kappa shape index (κ2) is 15.0. The maximum atomic E-state index is 12.7. The van der Waals surface area contributed by atoms with Gasteiger partial charge in [0.05, 0.1) is 44.7 Å². The molecule has 0 aliphatic carbocycles. The van der Waals surface area contributed by atoms with Crippen LogP contribution in [0.25, 0.3) is 10.8 Å².